The molecule has 1 aliphatic heterocycles. The number of amides is 1. The monoisotopic (exact) mass is 309 g/mol. The number of Topliss-reactive ketones (excluding diaryl/α,β-unsaturated/α-hetero) is 1. The van der Waals surface area contributed by atoms with Crippen LogP contribution in [0.25, 0.3) is 0 Å². The number of fused-ring (bicyclic) bond motifs is 1. The molecule has 0 spiro atoms. The maximum Gasteiger partial charge on any atom is 0.299 e. The van der Waals surface area contributed by atoms with E-state index in [-0.39, 0.29) is 0 Å². The Morgan fingerprint density at radius 1 is 1.09 bits per heavy atom. The Morgan fingerprint density at radius 3 is 2.65 bits per heavy atom. The molecule has 1 amide bonds. The number of para-hydroxylation sites is 1. The van der Waals surface area contributed by atoms with Gasteiger partial charge >= 0.3 is 0 Å². The van der Waals surface area contributed by atoms with Crippen molar-refractivity contribution in [3.8, 4) is 5.75 Å². The fraction of sp³-hybridized carbons (Fsp3) is 0.263. The van der Waals surface area contributed by atoms with Crippen LogP contribution in [-0.4, -0.2) is 18.3 Å². The number of nitrogens with zero attached hydrogens (tertiary/aromatic N) is 1. The van der Waals surface area contributed by atoms with Crippen molar-refractivity contribution in [2.24, 2.45) is 0 Å². The van der Waals surface area contributed by atoms with Crippen molar-refractivity contribution in [1.82, 2.24) is 0 Å². The third-order valence-corrected chi connectivity index (χ3v) is 3.89. The normalized spacial score (nSPS) is 13.4. The summed E-state index contributed by atoms with van der Waals surface area (Å²) in [5.74, 6) is -0.151. The summed E-state index contributed by atoms with van der Waals surface area (Å²) < 4.78 is 5.74. The molecule has 4 heteroatoms. The second kappa shape index (κ2) is 6.24. The number of rotatable bonds is 5. The summed E-state index contributed by atoms with van der Waals surface area (Å²) in [4.78, 5) is 26.1. The zero-order valence-corrected chi connectivity index (χ0v) is 13.3. The van der Waals surface area contributed by atoms with Gasteiger partial charge in [0.25, 0.3) is 11.7 Å². The fourth-order valence-corrected chi connectivity index (χ4v) is 2.73. The van der Waals surface area contributed by atoms with Gasteiger partial charge in [-0.1, -0.05) is 36.8 Å². The second-order valence-corrected chi connectivity index (χ2v) is 5.70. The molecule has 0 bridgehead atoms. The summed E-state index contributed by atoms with van der Waals surface area (Å²) in [6.07, 6.45) is 0.914. The van der Waals surface area contributed by atoms with Crippen LogP contribution in [0.15, 0.2) is 42.5 Å². The Bertz CT molecular complexity index is 767. The van der Waals surface area contributed by atoms with Crippen molar-refractivity contribution >= 4 is 17.4 Å². The number of aryl methyl sites for hydroxylation is 1. The fourth-order valence-electron chi connectivity index (χ4n) is 2.73. The first-order valence-electron chi connectivity index (χ1n) is 7.79. The van der Waals surface area contributed by atoms with Gasteiger partial charge in [0, 0.05) is 5.56 Å². The van der Waals surface area contributed by atoms with Gasteiger partial charge in [0.15, 0.2) is 0 Å². The minimum absolute atomic E-state index is 0.334. The Kier molecular flexibility index (Phi) is 4.15. The summed E-state index contributed by atoms with van der Waals surface area (Å²) in [6, 6.07) is 13.2. The topological polar surface area (TPSA) is 46.6 Å². The van der Waals surface area contributed by atoms with Crippen molar-refractivity contribution in [2.75, 3.05) is 11.5 Å². The molecule has 0 aromatic heterocycles. The van der Waals surface area contributed by atoms with Crippen LogP contribution < -0.4 is 9.64 Å². The molecule has 0 atom stereocenters. The molecule has 3 rings (SSSR count). The molecule has 0 unspecified atom stereocenters. The lowest BCUT2D eigenvalue weighted by molar-refractivity contribution is -0.114. The molecular formula is C19H19NO3. The van der Waals surface area contributed by atoms with E-state index in [0.29, 0.717) is 24.4 Å². The van der Waals surface area contributed by atoms with Gasteiger partial charge in [-0.15, -0.1) is 0 Å². The SMILES string of the molecule is CCCOc1ccccc1CN1C(=O)C(=O)c2cc(C)ccc21. The van der Waals surface area contributed by atoms with E-state index in [2.05, 4.69) is 0 Å². The Labute approximate surface area is 135 Å². The predicted octanol–water partition coefficient (Wildman–Crippen LogP) is 3.51. The Morgan fingerprint density at radius 2 is 1.87 bits per heavy atom. The molecule has 0 N–H and O–H groups in total. The van der Waals surface area contributed by atoms with Crippen molar-refractivity contribution in [1.29, 1.82) is 0 Å². The largest absolute Gasteiger partial charge is 0.493 e. The van der Waals surface area contributed by atoms with Gasteiger partial charge in [0.05, 0.1) is 24.4 Å². The van der Waals surface area contributed by atoms with Crippen LogP contribution in [-0.2, 0) is 11.3 Å². The number of benzene rings is 2. The Hall–Kier alpha value is -2.62. The predicted molar refractivity (Wildman–Crippen MR) is 88.9 cm³/mol. The van der Waals surface area contributed by atoms with Crippen LogP contribution in [0.5, 0.6) is 5.75 Å². The summed E-state index contributed by atoms with van der Waals surface area (Å²) in [5.41, 5.74) is 3.03. The molecule has 2 aromatic rings. The average molecular weight is 309 g/mol. The quantitative estimate of drug-likeness (QED) is 0.794. The molecule has 118 valence electrons. The van der Waals surface area contributed by atoms with Crippen LogP contribution in [0.2, 0.25) is 0 Å². The number of ketones is 1. The molecule has 23 heavy (non-hydrogen) atoms. The van der Waals surface area contributed by atoms with Gasteiger partial charge in [0.1, 0.15) is 5.75 Å². The first kappa shape index (κ1) is 15.3. The van der Waals surface area contributed by atoms with E-state index >= 15 is 0 Å². The van der Waals surface area contributed by atoms with E-state index in [1.807, 2.05) is 50.2 Å². The van der Waals surface area contributed by atoms with Crippen LogP contribution in [0.3, 0.4) is 0 Å². The van der Waals surface area contributed by atoms with Crippen molar-refractivity contribution < 1.29 is 14.3 Å². The lowest BCUT2D eigenvalue weighted by Gasteiger charge is -2.19. The highest BCUT2D eigenvalue weighted by atomic mass is 16.5. The molecule has 0 fully saturated rings. The smallest absolute Gasteiger partial charge is 0.299 e. The number of carbonyl (C=O) groups is 2. The maximum atomic E-state index is 12.3. The molecule has 2 aromatic carbocycles. The number of ether oxygens (including phenoxy) is 1. The first-order chi connectivity index (χ1) is 11.1. The van der Waals surface area contributed by atoms with E-state index in [1.54, 1.807) is 6.07 Å². The number of hydrogen-bond donors (Lipinski definition) is 0. The highest BCUT2D eigenvalue weighted by Gasteiger charge is 2.36. The highest BCUT2D eigenvalue weighted by molar-refractivity contribution is 6.52. The van der Waals surface area contributed by atoms with Gasteiger partial charge in [-0.05, 0) is 31.5 Å². The number of hydrogen-bond acceptors (Lipinski definition) is 3. The third kappa shape index (κ3) is 2.84. The minimum atomic E-state index is -0.476. The molecule has 0 saturated heterocycles. The zero-order chi connectivity index (χ0) is 16.4. The standard InChI is InChI=1S/C19H19NO3/c1-3-10-23-17-7-5-4-6-14(17)12-20-16-9-8-13(2)11-15(16)18(21)19(20)22/h4-9,11H,3,10,12H2,1-2H3. The molecule has 1 heterocycles. The van der Waals surface area contributed by atoms with E-state index in [9.17, 15) is 9.59 Å². The van der Waals surface area contributed by atoms with Gasteiger partial charge in [0.2, 0.25) is 0 Å². The highest BCUT2D eigenvalue weighted by Crippen LogP contribution is 2.32. The summed E-state index contributed by atoms with van der Waals surface area (Å²) >= 11 is 0. The van der Waals surface area contributed by atoms with E-state index < -0.39 is 11.7 Å². The lowest BCUT2D eigenvalue weighted by atomic mass is 10.1. The van der Waals surface area contributed by atoms with Crippen molar-refractivity contribution in [2.45, 2.75) is 26.8 Å². The average Bonchev–Trinajstić information content (AvgIpc) is 2.79. The van der Waals surface area contributed by atoms with Crippen LogP contribution >= 0.6 is 0 Å². The Balaban J connectivity index is 1.93. The van der Waals surface area contributed by atoms with Gasteiger partial charge < -0.3 is 9.64 Å². The summed E-state index contributed by atoms with van der Waals surface area (Å²) in [6.45, 7) is 4.92. The molecular weight excluding hydrogens is 290 g/mol. The van der Waals surface area contributed by atoms with E-state index in [0.717, 1.165) is 23.3 Å². The third-order valence-electron chi connectivity index (χ3n) is 3.89. The minimum Gasteiger partial charge on any atom is -0.493 e. The van der Waals surface area contributed by atoms with Crippen LogP contribution in [0.1, 0.15) is 34.8 Å². The lowest BCUT2D eigenvalue weighted by Crippen LogP contribution is -2.29. The second-order valence-electron chi connectivity index (χ2n) is 5.70. The molecule has 0 radical (unpaired) electrons. The van der Waals surface area contributed by atoms with Crippen molar-refractivity contribution in [3.05, 3.63) is 59.2 Å². The van der Waals surface area contributed by atoms with E-state index in [4.69, 9.17) is 4.74 Å². The van der Waals surface area contributed by atoms with Gasteiger partial charge in [-0.25, -0.2) is 0 Å². The van der Waals surface area contributed by atoms with Gasteiger partial charge in [-0.3, -0.25) is 9.59 Å². The summed E-state index contributed by atoms with van der Waals surface area (Å²) in [5, 5.41) is 0. The number of carbonyl (C=O) groups excluding carboxylic acids is 2. The first-order valence-corrected chi connectivity index (χ1v) is 7.79. The van der Waals surface area contributed by atoms with E-state index in [1.165, 1.54) is 4.90 Å². The number of anilines is 1. The van der Waals surface area contributed by atoms with Crippen molar-refractivity contribution in [3.63, 3.8) is 0 Å². The maximum absolute atomic E-state index is 12.3. The van der Waals surface area contributed by atoms with Gasteiger partial charge in [-0.2, -0.15) is 0 Å². The summed E-state index contributed by atoms with van der Waals surface area (Å²) in [7, 11) is 0. The zero-order valence-electron chi connectivity index (χ0n) is 13.3. The molecule has 1 aliphatic rings. The molecule has 0 aliphatic carbocycles. The van der Waals surface area contributed by atoms with Crippen LogP contribution in [0.4, 0.5) is 5.69 Å². The van der Waals surface area contributed by atoms with Crippen LogP contribution in [0, 0.1) is 6.92 Å². The molecule has 0 saturated carbocycles. The molecule has 4 nitrogen and oxygen atoms in total.